The molecule has 2 amide bonds. The molecule has 0 heterocycles. The molecule has 4 nitrogen and oxygen atoms in total. The summed E-state index contributed by atoms with van der Waals surface area (Å²) >= 11 is 0. The molecule has 4 heteroatoms. The normalized spacial score (nSPS) is 13.6. The third-order valence-electron chi connectivity index (χ3n) is 3.30. The van der Waals surface area contributed by atoms with Crippen molar-refractivity contribution >= 4 is 6.03 Å². The van der Waals surface area contributed by atoms with Gasteiger partial charge >= 0.3 is 6.03 Å². The number of amides is 2. The third-order valence-corrected chi connectivity index (χ3v) is 3.30. The Balaban J connectivity index is 2.60. The molecule has 0 fully saturated rings. The Labute approximate surface area is 121 Å². The highest BCUT2D eigenvalue weighted by Crippen LogP contribution is 2.20. The van der Waals surface area contributed by atoms with Gasteiger partial charge in [0.05, 0.1) is 6.10 Å². The summed E-state index contributed by atoms with van der Waals surface area (Å²) in [5, 5.41) is 12.6. The number of hydrogen-bond acceptors (Lipinski definition) is 2. The highest BCUT2D eigenvalue weighted by molar-refractivity contribution is 5.73. The number of rotatable bonds is 7. The summed E-state index contributed by atoms with van der Waals surface area (Å²) in [5.74, 6) is 0.134. The number of nitrogens with one attached hydrogen (secondary N) is 1. The predicted octanol–water partition coefficient (Wildman–Crippen LogP) is 2.59. The van der Waals surface area contributed by atoms with Crippen LogP contribution in [0.5, 0.6) is 0 Å². The summed E-state index contributed by atoms with van der Waals surface area (Å²) in [6.45, 7) is 5.12. The summed E-state index contributed by atoms with van der Waals surface area (Å²) in [6, 6.07) is 9.95. The van der Waals surface area contributed by atoms with E-state index in [0.717, 1.165) is 18.5 Å². The fourth-order valence-electron chi connectivity index (χ4n) is 2.26. The molecule has 1 rings (SSSR count). The quantitative estimate of drug-likeness (QED) is 0.805. The van der Waals surface area contributed by atoms with Gasteiger partial charge in [0.2, 0.25) is 0 Å². The van der Waals surface area contributed by atoms with Crippen molar-refractivity contribution in [3.8, 4) is 0 Å². The summed E-state index contributed by atoms with van der Waals surface area (Å²) in [7, 11) is 1.80. The topological polar surface area (TPSA) is 52.6 Å². The van der Waals surface area contributed by atoms with Gasteiger partial charge in [-0.2, -0.15) is 0 Å². The maximum Gasteiger partial charge on any atom is 0.317 e. The van der Waals surface area contributed by atoms with Gasteiger partial charge in [0.1, 0.15) is 0 Å². The molecule has 2 unspecified atom stereocenters. The zero-order chi connectivity index (χ0) is 15.0. The Morgan fingerprint density at radius 3 is 2.55 bits per heavy atom. The standard InChI is InChI=1S/C16H26N2O2/c1-4-10-18(3)16(20)17-12-15(11-13(2)19)14-8-6-5-7-9-14/h5-9,13,15,19H,4,10-12H2,1-3H3,(H,17,20). The Kier molecular flexibility index (Phi) is 7.09. The monoisotopic (exact) mass is 278 g/mol. The molecule has 1 aromatic rings. The summed E-state index contributed by atoms with van der Waals surface area (Å²) < 4.78 is 0. The second kappa shape index (κ2) is 8.59. The van der Waals surface area contributed by atoms with E-state index in [1.165, 1.54) is 0 Å². The van der Waals surface area contributed by atoms with Crippen molar-refractivity contribution in [2.45, 2.75) is 38.7 Å². The zero-order valence-corrected chi connectivity index (χ0v) is 12.7. The fraction of sp³-hybridized carbons (Fsp3) is 0.562. The Hall–Kier alpha value is -1.55. The molecule has 2 N–H and O–H groups in total. The van der Waals surface area contributed by atoms with E-state index in [9.17, 15) is 9.90 Å². The maximum atomic E-state index is 11.9. The van der Waals surface area contributed by atoms with E-state index in [2.05, 4.69) is 5.32 Å². The molecule has 112 valence electrons. The van der Waals surface area contributed by atoms with Crippen LogP contribution in [0.15, 0.2) is 30.3 Å². The number of benzene rings is 1. The first-order chi connectivity index (χ1) is 9.54. The van der Waals surface area contributed by atoms with Crippen LogP contribution in [0.3, 0.4) is 0 Å². The first kappa shape index (κ1) is 16.5. The van der Waals surface area contributed by atoms with Crippen LogP contribution in [-0.2, 0) is 0 Å². The van der Waals surface area contributed by atoms with Crippen molar-refractivity contribution in [3.05, 3.63) is 35.9 Å². The van der Waals surface area contributed by atoms with Crippen molar-refractivity contribution in [1.82, 2.24) is 10.2 Å². The van der Waals surface area contributed by atoms with E-state index in [1.807, 2.05) is 37.3 Å². The molecule has 0 spiro atoms. The molecule has 0 saturated carbocycles. The zero-order valence-electron chi connectivity index (χ0n) is 12.7. The predicted molar refractivity (Wildman–Crippen MR) is 81.8 cm³/mol. The summed E-state index contributed by atoms with van der Waals surface area (Å²) in [5.41, 5.74) is 1.15. The molecule has 0 aromatic heterocycles. The molecule has 0 aliphatic carbocycles. The lowest BCUT2D eigenvalue weighted by atomic mass is 9.93. The lowest BCUT2D eigenvalue weighted by Crippen LogP contribution is -2.39. The number of urea groups is 1. The molecule has 0 bridgehead atoms. The maximum absolute atomic E-state index is 11.9. The average molecular weight is 278 g/mol. The van der Waals surface area contributed by atoms with Crippen LogP contribution in [0, 0.1) is 0 Å². The van der Waals surface area contributed by atoms with Crippen LogP contribution in [0.25, 0.3) is 0 Å². The van der Waals surface area contributed by atoms with Crippen LogP contribution >= 0.6 is 0 Å². The smallest absolute Gasteiger partial charge is 0.317 e. The minimum atomic E-state index is -0.384. The molecule has 2 atom stereocenters. The van der Waals surface area contributed by atoms with E-state index in [-0.39, 0.29) is 18.1 Å². The minimum absolute atomic E-state index is 0.0571. The second-order valence-electron chi connectivity index (χ2n) is 5.30. The lowest BCUT2D eigenvalue weighted by molar-refractivity contribution is 0.171. The van der Waals surface area contributed by atoms with Gasteiger partial charge in [0, 0.05) is 26.1 Å². The first-order valence-corrected chi connectivity index (χ1v) is 7.26. The molecule has 0 saturated heterocycles. The number of carbonyl (C=O) groups excluding carboxylic acids is 1. The molecule has 1 aromatic carbocycles. The van der Waals surface area contributed by atoms with Gasteiger partial charge in [-0.3, -0.25) is 0 Å². The van der Waals surface area contributed by atoms with E-state index in [1.54, 1.807) is 18.9 Å². The van der Waals surface area contributed by atoms with Gasteiger partial charge in [0.25, 0.3) is 0 Å². The van der Waals surface area contributed by atoms with Crippen LogP contribution in [0.1, 0.15) is 38.2 Å². The van der Waals surface area contributed by atoms with Crippen molar-refractivity contribution < 1.29 is 9.90 Å². The first-order valence-electron chi connectivity index (χ1n) is 7.26. The van der Waals surface area contributed by atoms with Crippen molar-refractivity contribution in [2.24, 2.45) is 0 Å². The molecule has 0 aliphatic heterocycles. The number of carbonyl (C=O) groups is 1. The van der Waals surface area contributed by atoms with Gasteiger partial charge in [-0.25, -0.2) is 4.79 Å². The fourth-order valence-corrected chi connectivity index (χ4v) is 2.26. The number of nitrogens with zero attached hydrogens (tertiary/aromatic N) is 1. The SMILES string of the molecule is CCCN(C)C(=O)NCC(CC(C)O)c1ccccc1. The largest absolute Gasteiger partial charge is 0.393 e. The highest BCUT2D eigenvalue weighted by atomic mass is 16.3. The molecular weight excluding hydrogens is 252 g/mol. The van der Waals surface area contributed by atoms with Gasteiger partial charge in [-0.1, -0.05) is 37.3 Å². The summed E-state index contributed by atoms with van der Waals surface area (Å²) in [4.78, 5) is 13.6. The minimum Gasteiger partial charge on any atom is -0.393 e. The van der Waals surface area contributed by atoms with Crippen LogP contribution in [0.4, 0.5) is 4.79 Å². The van der Waals surface area contributed by atoms with E-state index in [4.69, 9.17) is 0 Å². The van der Waals surface area contributed by atoms with Gasteiger partial charge < -0.3 is 15.3 Å². The lowest BCUT2D eigenvalue weighted by Gasteiger charge is -2.22. The third kappa shape index (κ3) is 5.61. The second-order valence-corrected chi connectivity index (χ2v) is 5.30. The van der Waals surface area contributed by atoms with Gasteiger partial charge in [-0.15, -0.1) is 0 Å². The van der Waals surface area contributed by atoms with E-state index >= 15 is 0 Å². The Morgan fingerprint density at radius 1 is 1.35 bits per heavy atom. The number of aliphatic hydroxyl groups excluding tert-OH is 1. The van der Waals surface area contributed by atoms with Gasteiger partial charge in [-0.05, 0) is 25.3 Å². The molecule has 0 radical (unpaired) electrons. The molecule has 0 aliphatic rings. The van der Waals surface area contributed by atoms with E-state index in [0.29, 0.717) is 13.0 Å². The Morgan fingerprint density at radius 2 is 2.00 bits per heavy atom. The summed E-state index contributed by atoms with van der Waals surface area (Å²) in [6.07, 6.45) is 1.20. The van der Waals surface area contributed by atoms with E-state index < -0.39 is 0 Å². The van der Waals surface area contributed by atoms with Crippen molar-refractivity contribution in [1.29, 1.82) is 0 Å². The number of hydrogen-bond donors (Lipinski definition) is 2. The number of aliphatic hydroxyl groups is 1. The van der Waals surface area contributed by atoms with Crippen molar-refractivity contribution in [3.63, 3.8) is 0 Å². The Bertz CT molecular complexity index is 393. The molecular formula is C16H26N2O2. The van der Waals surface area contributed by atoms with Crippen LogP contribution in [0.2, 0.25) is 0 Å². The average Bonchev–Trinajstić information content (AvgIpc) is 2.44. The van der Waals surface area contributed by atoms with Crippen molar-refractivity contribution in [2.75, 3.05) is 20.1 Å². The highest BCUT2D eigenvalue weighted by Gasteiger charge is 2.16. The van der Waals surface area contributed by atoms with Crippen LogP contribution in [-0.4, -0.2) is 42.3 Å². The van der Waals surface area contributed by atoms with Crippen LogP contribution < -0.4 is 5.32 Å². The van der Waals surface area contributed by atoms with Gasteiger partial charge in [0.15, 0.2) is 0 Å². The molecule has 20 heavy (non-hydrogen) atoms.